The molecule has 1 amide bonds. The van der Waals surface area contributed by atoms with Gasteiger partial charge in [-0.1, -0.05) is 30.3 Å². The van der Waals surface area contributed by atoms with Gasteiger partial charge in [0.15, 0.2) is 0 Å². The second-order valence-corrected chi connectivity index (χ2v) is 5.91. The first-order valence-corrected chi connectivity index (χ1v) is 8.05. The highest BCUT2D eigenvalue weighted by Gasteiger charge is 2.20. The normalized spacial score (nSPS) is 12.8. The minimum atomic E-state index is -0.936. The summed E-state index contributed by atoms with van der Waals surface area (Å²) in [5, 5.41) is 11.9. The monoisotopic (exact) mass is 324 g/mol. The van der Waals surface area contributed by atoms with Crippen LogP contribution in [0.2, 0.25) is 0 Å². The van der Waals surface area contributed by atoms with Crippen LogP contribution in [0.4, 0.5) is 5.69 Å². The first kappa shape index (κ1) is 16.1. The Morgan fingerprint density at radius 3 is 2.79 bits per heavy atom. The third-order valence-corrected chi connectivity index (χ3v) is 4.23. The van der Waals surface area contributed by atoms with Crippen molar-refractivity contribution in [3.63, 3.8) is 0 Å². The molecule has 0 aliphatic carbocycles. The number of carboxylic acids is 1. The van der Waals surface area contributed by atoms with Crippen LogP contribution in [0.1, 0.15) is 21.5 Å². The van der Waals surface area contributed by atoms with Gasteiger partial charge in [-0.15, -0.1) is 0 Å². The van der Waals surface area contributed by atoms with E-state index >= 15 is 0 Å². The largest absolute Gasteiger partial charge is 0.478 e. The van der Waals surface area contributed by atoms with Crippen molar-refractivity contribution in [2.75, 3.05) is 24.5 Å². The zero-order valence-electron chi connectivity index (χ0n) is 13.4. The number of aromatic carboxylic acids is 1. The Balaban J connectivity index is 1.48. The van der Waals surface area contributed by atoms with Crippen LogP contribution in [0, 0.1) is 0 Å². The van der Waals surface area contributed by atoms with E-state index in [9.17, 15) is 9.59 Å². The molecule has 0 unspecified atom stereocenters. The number of nitrogens with one attached hydrogen (secondary N) is 1. The summed E-state index contributed by atoms with van der Waals surface area (Å²) in [5.74, 6) is -0.949. The average molecular weight is 324 g/mol. The first-order valence-electron chi connectivity index (χ1n) is 8.05. The smallest absolute Gasteiger partial charge is 0.335 e. The summed E-state index contributed by atoms with van der Waals surface area (Å²) in [4.78, 5) is 25.2. The van der Waals surface area contributed by atoms with Gasteiger partial charge in [0.05, 0.1) is 12.1 Å². The predicted molar refractivity (Wildman–Crippen MR) is 92.5 cm³/mol. The van der Waals surface area contributed by atoms with Gasteiger partial charge in [-0.2, -0.15) is 0 Å². The van der Waals surface area contributed by atoms with Gasteiger partial charge >= 0.3 is 5.97 Å². The van der Waals surface area contributed by atoms with Crippen molar-refractivity contribution in [1.29, 1.82) is 0 Å². The number of carboxylic acid groups (broad SMARTS) is 1. The third-order valence-electron chi connectivity index (χ3n) is 4.23. The van der Waals surface area contributed by atoms with Crippen molar-refractivity contribution in [3.8, 4) is 0 Å². The Bertz CT molecular complexity index is 758. The van der Waals surface area contributed by atoms with Gasteiger partial charge in [0.1, 0.15) is 0 Å². The summed E-state index contributed by atoms with van der Waals surface area (Å²) in [5.41, 5.74) is 3.60. The molecule has 1 aliphatic heterocycles. The van der Waals surface area contributed by atoms with Crippen molar-refractivity contribution in [1.82, 2.24) is 5.32 Å². The Labute approximate surface area is 140 Å². The molecule has 0 bridgehead atoms. The number of fused-ring (bicyclic) bond motifs is 1. The SMILES string of the molecule is O=C(CN1CCc2ccccc21)NCCc1cccc(C(=O)O)c1. The zero-order valence-corrected chi connectivity index (χ0v) is 13.4. The lowest BCUT2D eigenvalue weighted by Gasteiger charge is -2.18. The fourth-order valence-corrected chi connectivity index (χ4v) is 3.01. The molecule has 24 heavy (non-hydrogen) atoms. The molecule has 0 saturated heterocycles. The van der Waals surface area contributed by atoms with E-state index in [1.54, 1.807) is 18.2 Å². The highest BCUT2D eigenvalue weighted by Crippen LogP contribution is 2.26. The number of carbonyl (C=O) groups excluding carboxylic acids is 1. The minimum absolute atomic E-state index is 0.0129. The molecule has 0 saturated carbocycles. The Kier molecular flexibility index (Phi) is 4.79. The minimum Gasteiger partial charge on any atom is -0.478 e. The van der Waals surface area contributed by atoms with Crippen molar-refractivity contribution >= 4 is 17.6 Å². The van der Waals surface area contributed by atoms with Crippen LogP contribution < -0.4 is 10.2 Å². The molecule has 0 atom stereocenters. The van der Waals surface area contributed by atoms with E-state index in [1.807, 2.05) is 24.3 Å². The fourth-order valence-electron chi connectivity index (χ4n) is 3.01. The molecule has 3 rings (SSSR count). The fraction of sp³-hybridized carbons (Fsp3) is 0.263. The molecule has 0 fully saturated rings. The lowest BCUT2D eigenvalue weighted by Crippen LogP contribution is -2.37. The molecule has 5 nitrogen and oxygen atoms in total. The van der Waals surface area contributed by atoms with E-state index in [2.05, 4.69) is 16.3 Å². The molecular formula is C19H20N2O3. The average Bonchev–Trinajstić information content (AvgIpc) is 2.98. The maximum absolute atomic E-state index is 12.1. The molecule has 5 heteroatoms. The molecule has 0 aromatic heterocycles. The van der Waals surface area contributed by atoms with Crippen LogP contribution in [0.3, 0.4) is 0 Å². The van der Waals surface area contributed by atoms with Crippen LogP contribution >= 0.6 is 0 Å². The summed E-state index contributed by atoms with van der Waals surface area (Å²) < 4.78 is 0. The molecule has 124 valence electrons. The van der Waals surface area contributed by atoms with Crippen LogP contribution in [-0.4, -0.2) is 36.6 Å². The van der Waals surface area contributed by atoms with E-state index in [-0.39, 0.29) is 11.5 Å². The Morgan fingerprint density at radius 2 is 1.96 bits per heavy atom. The maximum atomic E-state index is 12.1. The van der Waals surface area contributed by atoms with Crippen LogP contribution in [0.5, 0.6) is 0 Å². The van der Waals surface area contributed by atoms with Gasteiger partial charge in [0, 0.05) is 18.8 Å². The summed E-state index contributed by atoms with van der Waals surface area (Å²) >= 11 is 0. The molecule has 1 heterocycles. The zero-order chi connectivity index (χ0) is 16.9. The van der Waals surface area contributed by atoms with Crippen molar-refractivity contribution in [2.24, 2.45) is 0 Å². The number of hydrogen-bond donors (Lipinski definition) is 2. The van der Waals surface area contributed by atoms with Crippen LogP contribution in [-0.2, 0) is 17.6 Å². The number of amides is 1. The van der Waals surface area contributed by atoms with Crippen LogP contribution in [0.25, 0.3) is 0 Å². The second-order valence-electron chi connectivity index (χ2n) is 5.91. The highest BCUT2D eigenvalue weighted by atomic mass is 16.4. The molecule has 0 radical (unpaired) electrons. The molecule has 2 N–H and O–H groups in total. The van der Waals surface area contributed by atoms with E-state index in [4.69, 9.17) is 5.11 Å². The summed E-state index contributed by atoms with van der Waals surface area (Å²) in [7, 11) is 0. The summed E-state index contributed by atoms with van der Waals surface area (Å²) in [6.45, 7) is 1.72. The van der Waals surface area contributed by atoms with Crippen molar-refractivity contribution < 1.29 is 14.7 Å². The quantitative estimate of drug-likeness (QED) is 0.854. The van der Waals surface area contributed by atoms with Crippen molar-refractivity contribution in [2.45, 2.75) is 12.8 Å². The number of anilines is 1. The summed E-state index contributed by atoms with van der Waals surface area (Å²) in [6, 6.07) is 15.0. The van der Waals surface area contributed by atoms with E-state index in [0.717, 1.165) is 24.2 Å². The van der Waals surface area contributed by atoms with Gasteiger partial charge in [-0.05, 0) is 42.2 Å². The molecule has 1 aliphatic rings. The van der Waals surface area contributed by atoms with Gasteiger partial charge in [0.2, 0.25) is 5.91 Å². The standard InChI is InChI=1S/C19H20N2O3/c22-18(13-21-11-9-15-5-1-2-7-17(15)21)20-10-8-14-4-3-6-16(12-14)19(23)24/h1-7,12H,8-11,13H2,(H,20,22)(H,23,24). The van der Waals surface area contributed by atoms with Gasteiger partial charge in [0.25, 0.3) is 0 Å². The lowest BCUT2D eigenvalue weighted by molar-refractivity contribution is -0.119. The van der Waals surface area contributed by atoms with Crippen molar-refractivity contribution in [3.05, 3.63) is 65.2 Å². The molecular weight excluding hydrogens is 304 g/mol. The second kappa shape index (κ2) is 7.17. The van der Waals surface area contributed by atoms with E-state index in [1.165, 1.54) is 5.56 Å². The summed E-state index contributed by atoms with van der Waals surface area (Å²) in [6.07, 6.45) is 1.59. The number of benzene rings is 2. The maximum Gasteiger partial charge on any atom is 0.335 e. The predicted octanol–water partition coefficient (Wildman–Crippen LogP) is 2.11. The topological polar surface area (TPSA) is 69.6 Å². The number of nitrogens with zero attached hydrogens (tertiary/aromatic N) is 1. The molecule has 2 aromatic carbocycles. The van der Waals surface area contributed by atoms with E-state index in [0.29, 0.717) is 19.5 Å². The third kappa shape index (κ3) is 3.74. The van der Waals surface area contributed by atoms with Gasteiger partial charge < -0.3 is 15.3 Å². The number of para-hydroxylation sites is 1. The van der Waals surface area contributed by atoms with E-state index < -0.39 is 5.97 Å². The Morgan fingerprint density at radius 1 is 1.12 bits per heavy atom. The lowest BCUT2D eigenvalue weighted by atomic mass is 10.1. The van der Waals surface area contributed by atoms with Crippen LogP contribution in [0.15, 0.2) is 48.5 Å². The van der Waals surface area contributed by atoms with Gasteiger partial charge in [-0.3, -0.25) is 4.79 Å². The number of carbonyl (C=O) groups is 2. The molecule has 0 spiro atoms. The van der Waals surface area contributed by atoms with Gasteiger partial charge in [-0.25, -0.2) is 4.79 Å². The molecule has 2 aromatic rings. The number of rotatable bonds is 6. The number of hydrogen-bond acceptors (Lipinski definition) is 3. The highest BCUT2D eigenvalue weighted by molar-refractivity contribution is 5.87. The first-order chi connectivity index (χ1) is 11.6. The Hall–Kier alpha value is -2.82.